The number of anilines is 1. The molecule has 0 aliphatic rings. The maximum atomic E-state index is 13.5. The maximum Gasteiger partial charge on any atom is 0.131 e. The van der Waals surface area contributed by atoms with Gasteiger partial charge < -0.3 is 5.32 Å². The Kier molecular flexibility index (Phi) is 4.42. The van der Waals surface area contributed by atoms with Gasteiger partial charge >= 0.3 is 0 Å². The van der Waals surface area contributed by atoms with E-state index in [9.17, 15) is 8.78 Å². The SMILES string of the molecule is Cc1cc(Br)c(NCc2ccc(F)cc2F)cc1Cl. The first-order valence-corrected chi connectivity index (χ1v) is 6.78. The van der Waals surface area contributed by atoms with Crippen molar-refractivity contribution >= 4 is 33.2 Å². The van der Waals surface area contributed by atoms with E-state index in [1.54, 1.807) is 6.07 Å². The molecular formula is C14H11BrClF2N. The van der Waals surface area contributed by atoms with Gasteiger partial charge in [-0.15, -0.1) is 0 Å². The summed E-state index contributed by atoms with van der Waals surface area (Å²) in [6.45, 7) is 2.15. The van der Waals surface area contributed by atoms with Crippen molar-refractivity contribution in [2.24, 2.45) is 0 Å². The van der Waals surface area contributed by atoms with Crippen LogP contribution in [-0.2, 0) is 6.54 Å². The van der Waals surface area contributed by atoms with Crippen molar-refractivity contribution in [1.29, 1.82) is 0 Å². The Hall–Kier alpha value is -1.13. The normalized spacial score (nSPS) is 10.6. The Morgan fingerprint density at radius 2 is 1.95 bits per heavy atom. The smallest absolute Gasteiger partial charge is 0.131 e. The van der Waals surface area contributed by atoms with Crippen molar-refractivity contribution < 1.29 is 8.78 Å². The van der Waals surface area contributed by atoms with E-state index in [2.05, 4.69) is 21.2 Å². The summed E-state index contributed by atoms with van der Waals surface area (Å²) < 4.78 is 27.1. The van der Waals surface area contributed by atoms with E-state index in [1.165, 1.54) is 12.1 Å². The Labute approximate surface area is 123 Å². The zero-order valence-corrected chi connectivity index (χ0v) is 12.4. The lowest BCUT2D eigenvalue weighted by atomic mass is 10.2. The molecule has 0 saturated carbocycles. The summed E-state index contributed by atoms with van der Waals surface area (Å²) in [4.78, 5) is 0. The first kappa shape index (κ1) is 14.3. The Morgan fingerprint density at radius 1 is 1.21 bits per heavy atom. The van der Waals surface area contributed by atoms with Gasteiger partial charge in [-0.05, 0) is 46.6 Å². The van der Waals surface area contributed by atoms with Crippen molar-refractivity contribution in [3.63, 3.8) is 0 Å². The standard InChI is InChI=1S/C14H11BrClF2N/c1-8-4-11(15)14(6-12(8)16)19-7-9-2-3-10(17)5-13(9)18/h2-6,19H,7H2,1H3. The minimum Gasteiger partial charge on any atom is -0.380 e. The second-order valence-corrected chi connectivity index (χ2v) is 5.43. The molecule has 0 heterocycles. The fourth-order valence-electron chi connectivity index (χ4n) is 1.64. The number of aryl methyl sites for hydroxylation is 1. The molecule has 100 valence electrons. The number of hydrogen-bond donors (Lipinski definition) is 1. The molecule has 0 aromatic heterocycles. The summed E-state index contributed by atoms with van der Waals surface area (Å²) in [5, 5.41) is 3.69. The van der Waals surface area contributed by atoms with Gasteiger partial charge in [0.2, 0.25) is 0 Å². The predicted molar refractivity (Wildman–Crippen MR) is 77.6 cm³/mol. The Balaban J connectivity index is 2.16. The highest BCUT2D eigenvalue weighted by Gasteiger charge is 2.07. The van der Waals surface area contributed by atoms with Gasteiger partial charge in [0.25, 0.3) is 0 Å². The van der Waals surface area contributed by atoms with E-state index in [4.69, 9.17) is 11.6 Å². The lowest BCUT2D eigenvalue weighted by Crippen LogP contribution is -2.03. The summed E-state index contributed by atoms with van der Waals surface area (Å²) in [5.41, 5.74) is 2.11. The molecule has 0 radical (unpaired) electrons. The minimum absolute atomic E-state index is 0.254. The molecule has 0 spiro atoms. The first-order valence-electron chi connectivity index (χ1n) is 5.61. The quantitative estimate of drug-likeness (QED) is 0.795. The van der Waals surface area contributed by atoms with Crippen LogP contribution in [0.5, 0.6) is 0 Å². The maximum absolute atomic E-state index is 13.5. The zero-order chi connectivity index (χ0) is 14.0. The van der Waals surface area contributed by atoms with E-state index < -0.39 is 11.6 Å². The zero-order valence-electron chi connectivity index (χ0n) is 10.1. The van der Waals surface area contributed by atoms with E-state index in [0.29, 0.717) is 10.6 Å². The molecule has 5 heteroatoms. The van der Waals surface area contributed by atoms with E-state index in [1.807, 2.05) is 13.0 Å². The summed E-state index contributed by atoms with van der Waals surface area (Å²) in [6, 6.07) is 7.17. The third kappa shape index (κ3) is 3.45. The first-order chi connectivity index (χ1) is 8.97. The molecule has 2 aromatic carbocycles. The Morgan fingerprint density at radius 3 is 2.63 bits per heavy atom. The van der Waals surface area contributed by atoms with Gasteiger partial charge in [-0.2, -0.15) is 0 Å². The summed E-state index contributed by atoms with van der Waals surface area (Å²) >= 11 is 9.45. The monoisotopic (exact) mass is 345 g/mol. The molecule has 0 amide bonds. The predicted octanol–water partition coefficient (Wildman–Crippen LogP) is 5.30. The number of rotatable bonds is 3. The highest BCUT2D eigenvalue weighted by atomic mass is 79.9. The van der Waals surface area contributed by atoms with Crippen LogP contribution in [0.2, 0.25) is 5.02 Å². The molecular weight excluding hydrogens is 336 g/mol. The molecule has 19 heavy (non-hydrogen) atoms. The van der Waals surface area contributed by atoms with Crippen LogP contribution in [-0.4, -0.2) is 0 Å². The van der Waals surface area contributed by atoms with Crippen molar-refractivity contribution in [2.45, 2.75) is 13.5 Å². The molecule has 0 saturated heterocycles. The van der Waals surface area contributed by atoms with Crippen LogP contribution in [0.4, 0.5) is 14.5 Å². The number of nitrogens with one attached hydrogen (secondary N) is 1. The van der Waals surface area contributed by atoms with Gasteiger partial charge in [-0.3, -0.25) is 0 Å². The summed E-state index contributed by atoms with van der Waals surface area (Å²) in [6.07, 6.45) is 0. The molecule has 0 aliphatic heterocycles. The van der Waals surface area contributed by atoms with Crippen LogP contribution >= 0.6 is 27.5 Å². The second-order valence-electron chi connectivity index (χ2n) is 4.17. The third-order valence-electron chi connectivity index (χ3n) is 2.73. The largest absolute Gasteiger partial charge is 0.380 e. The van der Waals surface area contributed by atoms with Gasteiger partial charge in [0.15, 0.2) is 0 Å². The summed E-state index contributed by atoms with van der Waals surface area (Å²) in [7, 11) is 0. The molecule has 1 nitrogen and oxygen atoms in total. The summed E-state index contributed by atoms with van der Waals surface area (Å²) in [5.74, 6) is -1.15. The van der Waals surface area contributed by atoms with Gasteiger partial charge in [0, 0.05) is 27.7 Å². The van der Waals surface area contributed by atoms with Crippen LogP contribution in [0.25, 0.3) is 0 Å². The van der Waals surface area contributed by atoms with Crippen LogP contribution in [0, 0.1) is 18.6 Å². The molecule has 1 N–H and O–H groups in total. The van der Waals surface area contributed by atoms with Gasteiger partial charge in [0.05, 0.1) is 5.69 Å². The van der Waals surface area contributed by atoms with E-state index in [0.717, 1.165) is 21.8 Å². The number of halogens is 4. The number of hydrogen-bond acceptors (Lipinski definition) is 1. The van der Waals surface area contributed by atoms with Gasteiger partial charge in [-0.25, -0.2) is 8.78 Å². The van der Waals surface area contributed by atoms with Crippen LogP contribution < -0.4 is 5.32 Å². The lowest BCUT2D eigenvalue weighted by Gasteiger charge is -2.11. The highest BCUT2D eigenvalue weighted by molar-refractivity contribution is 9.10. The fourth-order valence-corrected chi connectivity index (χ4v) is 2.40. The van der Waals surface area contributed by atoms with Crippen molar-refractivity contribution in [3.05, 3.63) is 62.6 Å². The highest BCUT2D eigenvalue weighted by Crippen LogP contribution is 2.29. The average molecular weight is 347 g/mol. The van der Waals surface area contributed by atoms with E-state index >= 15 is 0 Å². The van der Waals surface area contributed by atoms with Gasteiger partial charge in [-0.1, -0.05) is 17.7 Å². The van der Waals surface area contributed by atoms with Crippen LogP contribution in [0.15, 0.2) is 34.8 Å². The molecule has 0 bridgehead atoms. The molecule has 0 atom stereocenters. The molecule has 0 unspecified atom stereocenters. The Bertz CT molecular complexity index is 617. The van der Waals surface area contributed by atoms with Crippen molar-refractivity contribution in [1.82, 2.24) is 0 Å². The lowest BCUT2D eigenvalue weighted by molar-refractivity contribution is 0.574. The molecule has 2 rings (SSSR count). The second kappa shape index (κ2) is 5.88. The molecule has 0 aliphatic carbocycles. The number of benzene rings is 2. The van der Waals surface area contributed by atoms with Gasteiger partial charge in [0.1, 0.15) is 11.6 Å². The fraction of sp³-hybridized carbons (Fsp3) is 0.143. The van der Waals surface area contributed by atoms with Crippen molar-refractivity contribution in [2.75, 3.05) is 5.32 Å². The molecule has 0 fully saturated rings. The topological polar surface area (TPSA) is 12.0 Å². The van der Waals surface area contributed by atoms with Crippen molar-refractivity contribution in [3.8, 4) is 0 Å². The molecule has 2 aromatic rings. The third-order valence-corrected chi connectivity index (χ3v) is 3.80. The average Bonchev–Trinajstić information content (AvgIpc) is 2.34. The van der Waals surface area contributed by atoms with Crippen LogP contribution in [0.3, 0.4) is 0 Å². The van der Waals surface area contributed by atoms with E-state index in [-0.39, 0.29) is 6.54 Å². The van der Waals surface area contributed by atoms with Crippen LogP contribution in [0.1, 0.15) is 11.1 Å². The minimum atomic E-state index is -0.583.